The number of aromatic nitrogens is 2. The quantitative estimate of drug-likeness (QED) is 0.720. The maximum atomic E-state index is 5.14. The number of para-hydroxylation sites is 1. The van der Waals surface area contributed by atoms with Crippen molar-refractivity contribution in [1.82, 2.24) is 9.97 Å². The highest BCUT2D eigenvalue weighted by molar-refractivity contribution is 5.88. The third kappa shape index (κ3) is 2.52. The molecule has 0 aliphatic heterocycles. The zero-order chi connectivity index (χ0) is 13.8. The first kappa shape index (κ1) is 12.4. The van der Waals surface area contributed by atoms with Crippen molar-refractivity contribution in [3.8, 4) is 5.75 Å². The van der Waals surface area contributed by atoms with E-state index in [1.807, 2.05) is 60.7 Å². The summed E-state index contributed by atoms with van der Waals surface area (Å²) in [5, 5.41) is 1.06. The van der Waals surface area contributed by atoms with Crippen LogP contribution < -0.4 is 4.74 Å². The van der Waals surface area contributed by atoms with E-state index in [9.17, 15) is 0 Å². The third-order valence-electron chi connectivity index (χ3n) is 3.12. The predicted molar refractivity (Wildman–Crippen MR) is 81.5 cm³/mol. The summed E-state index contributed by atoms with van der Waals surface area (Å²) < 4.78 is 5.14. The molecule has 20 heavy (non-hydrogen) atoms. The van der Waals surface area contributed by atoms with Crippen molar-refractivity contribution in [2.75, 3.05) is 7.11 Å². The van der Waals surface area contributed by atoms with Crippen LogP contribution in [0.25, 0.3) is 23.1 Å². The highest BCUT2D eigenvalue weighted by Gasteiger charge is 1.99. The lowest BCUT2D eigenvalue weighted by Crippen LogP contribution is -1.86. The van der Waals surface area contributed by atoms with Crippen LogP contribution in [0.4, 0.5) is 0 Å². The Kier molecular flexibility index (Phi) is 3.42. The van der Waals surface area contributed by atoms with Gasteiger partial charge in [0, 0.05) is 5.39 Å². The highest BCUT2D eigenvalue weighted by atomic mass is 16.5. The lowest BCUT2D eigenvalue weighted by atomic mass is 10.1. The number of fused-ring (bicyclic) bond motifs is 1. The largest absolute Gasteiger partial charge is 0.497 e. The molecule has 1 aromatic heterocycles. The second kappa shape index (κ2) is 5.53. The Balaban J connectivity index is 1.93. The second-order valence-corrected chi connectivity index (χ2v) is 4.38. The van der Waals surface area contributed by atoms with E-state index in [-0.39, 0.29) is 0 Å². The number of nitrogens with zero attached hydrogens (tertiary/aromatic N) is 2. The van der Waals surface area contributed by atoms with Gasteiger partial charge in [-0.25, -0.2) is 9.97 Å². The van der Waals surface area contributed by atoms with Crippen molar-refractivity contribution in [2.45, 2.75) is 0 Å². The van der Waals surface area contributed by atoms with Gasteiger partial charge in [0.25, 0.3) is 0 Å². The Morgan fingerprint density at radius 3 is 2.50 bits per heavy atom. The van der Waals surface area contributed by atoms with Crippen molar-refractivity contribution in [3.05, 3.63) is 66.1 Å². The minimum Gasteiger partial charge on any atom is -0.497 e. The summed E-state index contributed by atoms with van der Waals surface area (Å²) in [4.78, 5) is 8.59. The summed E-state index contributed by atoms with van der Waals surface area (Å²) in [5.74, 6) is 0.856. The molecule has 3 rings (SSSR count). The molecule has 98 valence electrons. The molecular weight excluding hydrogens is 248 g/mol. The molecule has 1 heterocycles. The van der Waals surface area contributed by atoms with Crippen molar-refractivity contribution in [3.63, 3.8) is 0 Å². The maximum Gasteiger partial charge on any atom is 0.118 e. The van der Waals surface area contributed by atoms with E-state index in [2.05, 4.69) is 9.97 Å². The minimum atomic E-state index is 0.856. The fraction of sp³-hybridized carbons (Fsp3) is 0.0588. The molecule has 0 fully saturated rings. The first-order chi connectivity index (χ1) is 9.86. The zero-order valence-electron chi connectivity index (χ0n) is 11.2. The smallest absolute Gasteiger partial charge is 0.118 e. The van der Waals surface area contributed by atoms with Crippen LogP contribution in [-0.2, 0) is 0 Å². The molecule has 0 aliphatic rings. The number of hydrogen-bond acceptors (Lipinski definition) is 3. The van der Waals surface area contributed by atoms with Gasteiger partial charge >= 0.3 is 0 Å². The van der Waals surface area contributed by atoms with Gasteiger partial charge in [-0.05, 0) is 29.8 Å². The van der Waals surface area contributed by atoms with Gasteiger partial charge < -0.3 is 4.74 Å². The standard InChI is InChI=1S/C17H14N2O/c1-20-14-9-6-13(7-10-14)8-11-17-15-4-2-3-5-16(15)18-12-19-17/h2-12H,1H3. The minimum absolute atomic E-state index is 0.856. The lowest BCUT2D eigenvalue weighted by molar-refractivity contribution is 0.415. The van der Waals surface area contributed by atoms with E-state index >= 15 is 0 Å². The Morgan fingerprint density at radius 2 is 1.70 bits per heavy atom. The Labute approximate surface area is 117 Å². The third-order valence-corrected chi connectivity index (χ3v) is 3.12. The maximum absolute atomic E-state index is 5.14. The SMILES string of the molecule is COc1ccc(C=Cc2ncnc3ccccc23)cc1. The molecule has 3 aromatic rings. The molecule has 2 aromatic carbocycles. The van der Waals surface area contributed by atoms with Gasteiger partial charge in [-0.1, -0.05) is 36.4 Å². The van der Waals surface area contributed by atoms with Crippen molar-refractivity contribution >= 4 is 23.1 Å². The van der Waals surface area contributed by atoms with Crippen LogP contribution in [-0.4, -0.2) is 17.1 Å². The number of rotatable bonds is 3. The number of ether oxygens (including phenoxy) is 1. The van der Waals surface area contributed by atoms with Gasteiger partial charge in [-0.3, -0.25) is 0 Å². The van der Waals surface area contributed by atoms with Crippen LogP contribution in [0.1, 0.15) is 11.3 Å². The summed E-state index contributed by atoms with van der Waals surface area (Å²) in [6.07, 6.45) is 5.63. The van der Waals surface area contributed by atoms with Gasteiger partial charge in [0.2, 0.25) is 0 Å². The van der Waals surface area contributed by atoms with Crippen molar-refractivity contribution < 1.29 is 4.74 Å². The highest BCUT2D eigenvalue weighted by Crippen LogP contribution is 2.17. The van der Waals surface area contributed by atoms with Gasteiger partial charge in [0.15, 0.2) is 0 Å². The Bertz CT molecular complexity index is 743. The van der Waals surface area contributed by atoms with E-state index in [1.165, 1.54) is 0 Å². The van der Waals surface area contributed by atoms with Gasteiger partial charge in [-0.15, -0.1) is 0 Å². The normalized spacial score (nSPS) is 11.1. The van der Waals surface area contributed by atoms with Gasteiger partial charge in [0.05, 0.1) is 18.3 Å². The van der Waals surface area contributed by atoms with Gasteiger partial charge in [0.1, 0.15) is 12.1 Å². The Morgan fingerprint density at radius 1 is 0.900 bits per heavy atom. The van der Waals surface area contributed by atoms with E-state index in [4.69, 9.17) is 4.74 Å². The van der Waals surface area contributed by atoms with Crippen molar-refractivity contribution in [1.29, 1.82) is 0 Å². The fourth-order valence-corrected chi connectivity index (χ4v) is 2.05. The molecule has 0 aliphatic carbocycles. The van der Waals surface area contributed by atoms with Crippen LogP contribution in [0.2, 0.25) is 0 Å². The average Bonchev–Trinajstić information content (AvgIpc) is 2.53. The molecule has 0 saturated carbocycles. The molecule has 0 amide bonds. The monoisotopic (exact) mass is 262 g/mol. The summed E-state index contributed by atoms with van der Waals surface area (Å²) in [6.45, 7) is 0. The molecule has 0 bridgehead atoms. The fourth-order valence-electron chi connectivity index (χ4n) is 2.05. The molecule has 0 saturated heterocycles. The second-order valence-electron chi connectivity index (χ2n) is 4.38. The molecule has 3 nitrogen and oxygen atoms in total. The molecule has 0 unspecified atom stereocenters. The first-order valence-corrected chi connectivity index (χ1v) is 6.39. The molecule has 0 atom stereocenters. The molecule has 0 spiro atoms. The van der Waals surface area contributed by atoms with E-state index in [1.54, 1.807) is 13.4 Å². The first-order valence-electron chi connectivity index (χ1n) is 6.39. The predicted octanol–water partition coefficient (Wildman–Crippen LogP) is 3.81. The number of benzene rings is 2. The molecule has 0 radical (unpaired) electrons. The van der Waals surface area contributed by atoms with E-state index < -0.39 is 0 Å². The average molecular weight is 262 g/mol. The van der Waals surface area contributed by atoms with Crippen LogP contribution in [0.5, 0.6) is 5.75 Å². The molecule has 3 heteroatoms. The van der Waals surface area contributed by atoms with Crippen LogP contribution in [0.3, 0.4) is 0 Å². The Hall–Kier alpha value is -2.68. The zero-order valence-corrected chi connectivity index (χ0v) is 11.2. The summed E-state index contributed by atoms with van der Waals surface area (Å²) >= 11 is 0. The molecule has 0 N–H and O–H groups in total. The molecular formula is C17H14N2O. The van der Waals surface area contributed by atoms with E-state index in [0.29, 0.717) is 0 Å². The summed E-state index contributed by atoms with van der Waals surface area (Å²) in [6, 6.07) is 15.9. The van der Waals surface area contributed by atoms with Crippen LogP contribution in [0.15, 0.2) is 54.9 Å². The van der Waals surface area contributed by atoms with Crippen molar-refractivity contribution in [2.24, 2.45) is 0 Å². The number of methoxy groups -OCH3 is 1. The van der Waals surface area contributed by atoms with E-state index in [0.717, 1.165) is 27.9 Å². The number of hydrogen-bond donors (Lipinski definition) is 0. The van der Waals surface area contributed by atoms with Crippen LogP contribution in [0, 0.1) is 0 Å². The van der Waals surface area contributed by atoms with Crippen LogP contribution >= 0.6 is 0 Å². The van der Waals surface area contributed by atoms with Gasteiger partial charge in [-0.2, -0.15) is 0 Å². The topological polar surface area (TPSA) is 35.0 Å². The lowest BCUT2D eigenvalue weighted by Gasteiger charge is -2.01. The summed E-state index contributed by atoms with van der Waals surface area (Å²) in [5.41, 5.74) is 2.98. The summed E-state index contributed by atoms with van der Waals surface area (Å²) in [7, 11) is 1.66.